The van der Waals surface area contributed by atoms with Crippen LogP contribution >= 0.6 is 11.6 Å². The SMILES string of the molecule is NC1=NC(c2cc([N+](=O)[O-])ccc2Cl)n2c(nc(=O)c3ccccc32)N1. The van der Waals surface area contributed by atoms with Gasteiger partial charge in [-0.3, -0.25) is 24.8 Å². The van der Waals surface area contributed by atoms with Crippen molar-refractivity contribution in [3.8, 4) is 0 Å². The van der Waals surface area contributed by atoms with Gasteiger partial charge in [0.25, 0.3) is 11.2 Å². The zero-order chi connectivity index (χ0) is 18.4. The predicted octanol–water partition coefficient (Wildman–Crippen LogP) is 2.25. The van der Waals surface area contributed by atoms with Crippen molar-refractivity contribution in [2.75, 3.05) is 5.32 Å². The third-order valence-electron chi connectivity index (χ3n) is 4.04. The molecule has 0 fully saturated rings. The molecular weight excluding hydrogens is 360 g/mol. The highest BCUT2D eigenvalue weighted by molar-refractivity contribution is 6.31. The Morgan fingerprint density at radius 2 is 2.04 bits per heavy atom. The Morgan fingerprint density at radius 3 is 2.81 bits per heavy atom. The molecule has 4 rings (SSSR count). The molecule has 0 aliphatic carbocycles. The molecule has 1 aliphatic heterocycles. The minimum Gasteiger partial charge on any atom is -0.370 e. The number of aliphatic imine (C=N–C) groups is 1. The van der Waals surface area contributed by atoms with E-state index in [4.69, 9.17) is 17.3 Å². The number of guanidine groups is 1. The lowest BCUT2D eigenvalue weighted by atomic mass is 10.1. The highest BCUT2D eigenvalue weighted by Crippen LogP contribution is 2.35. The monoisotopic (exact) mass is 370 g/mol. The van der Waals surface area contributed by atoms with Gasteiger partial charge in [-0.1, -0.05) is 23.7 Å². The molecule has 10 heteroatoms. The fourth-order valence-corrected chi connectivity index (χ4v) is 3.13. The Balaban J connectivity index is 2.05. The van der Waals surface area contributed by atoms with Crippen molar-refractivity contribution in [3.05, 3.63) is 73.5 Å². The number of para-hydroxylation sites is 1. The summed E-state index contributed by atoms with van der Waals surface area (Å²) < 4.78 is 1.64. The Labute approximate surface area is 150 Å². The van der Waals surface area contributed by atoms with E-state index in [0.717, 1.165) is 0 Å². The third-order valence-corrected chi connectivity index (χ3v) is 4.39. The first-order chi connectivity index (χ1) is 12.5. The number of aromatic nitrogens is 2. The van der Waals surface area contributed by atoms with E-state index < -0.39 is 16.6 Å². The summed E-state index contributed by atoms with van der Waals surface area (Å²) in [5, 5.41) is 14.6. The summed E-state index contributed by atoms with van der Waals surface area (Å²) in [5.74, 6) is 0.216. The number of halogens is 1. The van der Waals surface area contributed by atoms with Crippen molar-refractivity contribution >= 4 is 40.1 Å². The van der Waals surface area contributed by atoms with Crippen LogP contribution in [0.15, 0.2) is 52.3 Å². The fourth-order valence-electron chi connectivity index (χ4n) is 2.91. The molecule has 130 valence electrons. The maximum atomic E-state index is 12.3. The number of nitro benzene ring substituents is 1. The molecule has 1 aromatic heterocycles. The van der Waals surface area contributed by atoms with Crippen LogP contribution in [0, 0.1) is 10.1 Å². The molecule has 1 unspecified atom stereocenters. The number of nitrogens with one attached hydrogen (secondary N) is 1. The van der Waals surface area contributed by atoms with Crippen LogP contribution in [0.4, 0.5) is 11.6 Å². The number of benzene rings is 2. The molecule has 0 bridgehead atoms. The quantitative estimate of drug-likeness (QED) is 0.525. The molecule has 26 heavy (non-hydrogen) atoms. The Kier molecular flexibility index (Phi) is 3.58. The molecule has 1 atom stereocenters. The lowest BCUT2D eigenvalue weighted by Gasteiger charge is -2.27. The highest BCUT2D eigenvalue weighted by atomic mass is 35.5. The van der Waals surface area contributed by atoms with Crippen molar-refractivity contribution in [3.63, 3.8) is 0 Å². The van der Waals surface area contributed by atoms with Gasteiger partial charge in [-0.25, -0.2) is 4.99 Å². The number of hydrogen-bond donors (Lipinski definition) is 2. The number of nitro groups is 1. The van der Waals surface area contributed by atoms with Crippen molar-refractivity contribution in [2.45, 2.75) is 6.17 Å². The number of rotatable bonds is 2. The van der Waals surface area contributed by atoms with E-state index in [9.17, 15) is 14.9 Å². The number of nitrogens with two attached hydrogens (primary N) is 1. The van der Waals surface area contributed by atoms with E-state index in [2.05, 4.69) is 15.3 Å². The van der Waals surface area contributed by atoms with Crippen LogP contribution in [0.2, 0.25) is 5.02 Å². The fraction of sp³-hybridized carbons (Fsp3) is 0.0625. The average Bonchev–Trinajstić information content (AvgIpc) is 2.61. The highest BCUT2D eigenvalue weighted by Gasteiger charge is 2.27. The maximum Gasteiger partial charge on any atom is 0.282 e. The molecular formula is C16H11ClN6O3. The van der Waals surface area contributed by atoms with Crippen LogP contribution in [0.1, 0.15) is 11.7 Å². The summed E-state index contributed by atoms with van der Waals surface area (Å²) in [6.07, 6.45) is -0.809. The van der Waals surface area contributed by atoms with Gasteiger partial charge in [0.1, 0.15) is 0 Å². The van der Waals surface area contributed by atoms with E-state index in [0.29, 0.717) is 16.5 Å². The summed E-state index contributed by atoms with van der Waals surface area (Å²) >= 11 is 6.28. The minimum absolute atomic E-state index is 0.0275. The summed E-state index contributed by atoms with van der Waals surface area (Å²) in [4.78, 5) is 31.2. The van der Waals surface area contributed by atoms with Crippen LogP contribution in [0.25, 0.3) is 10.9 Å². The number of hydrogen-bond acceptors (Lipinski definition) is 7. The Bertz CT molecular complexity index is 1160. The zero-order valence-corrected chi connectivity index (χ0v) is 13.8. The second-order valence-electron chi connectivity index (χ2n) is 5.60. The normalized spacial score (nSPS) is 15.9. The number of anilines is 1. The van der Waals surface area contributed by atoms with E-state index in [-0.39, 0.29) is 22.6 Å². The van der Waals surface area contributed by atoms with E-state index in [1.807, 2.05) is 0 Å². The third kappa shape index (κ3) is 2.45. The number of nitrogens with zero attached hydrogens (tertiary/aromatic N) is 4. The summed E-state index contributed by atoms with van der Waals surface area (Å²) in [6, 6.07) is 10.9. The van der Waals surface area contributed by atoms with Crippen LogP contribution in [0.5, 0.6) is 0 Å². The van der Waals surface area contributed by atoms with Gasteiger partial charge in [0.05, 0.1) is 15.8 Å². The van der Waals surface area contributed by atoms with Crippen LogP contribution in [-0.4, -0.2) is 20.4 Å². The van der Waals surface area contributed by atoms with E-state index in [1.165, 1.54) is 18.2 Å². The van der Waals surface area contributed by atoms with Gasteiger partial charge in [-0.05, 0) is 18.2 Å². The first-order valence-electron chi connectivity index (χ1n) is 7.51. The topological polar surface area (TPSA) is 128 Å². The zero-order valence-electron chi connectivity index (χ0n) is 13.1. The molecule has 1 aliphatic rings. The van der Waals surface area contributed by atoms with E-state index >= 15 is 0 Å². The first-order valence-corrected chi connectivity index (χ1v) is 7.89. The van der Waals surface area contributed by atoms with Crippen LogP contribution in [-0.2, 0) is 0 Å². The second-order valence-corrected chi connectivity index (χ2v) is 6.01. The smallest absolute Gasteiger partial charge is 0.282 e. The molecule has 0 radical (unpaired) electrons. The summed E-state index contributed by atoms with van der Waals surface area (Å²) in [6.45, 7) is 0. The molecule has 3 aromatic rings. The van der Waals surface area contributed by atoms with Crippen molar-refractivity contribution < 1.29 is 4.92 Å². The van der Waals surface area contributed by atoms with Gasteiger partial charge in [-0.2, -0.15) is 4.98 Å². The lowest BCUT2D eigenvalue weighted by molar-refractivity contribution is -0.384. The molecule has 3 N–H and O–H groups in total. The molecule has 0 saturated carbocycles. The molecule has 2 aromatic carbocycles. The minimum atomic E-state index is -0.809. The van der Waals surface area contributed by atoms with Crippen molar-refractivity contribution in [1.29, 1.82) is 0 Å². The average molecular weight is 371 g/mol. The molecule has 9 nitrogen and oxygen atoms in total. The lowest BCUT2D eigenvalue weighted by Crippen LogP contribution is -2.35. The van der Waals surface area contributed by atoms with Crippen molar-refractivity contribution in [1.82, 2.24) is 9.55 Å². The molecule has 0 amide bonds. The largest absolute Gasteiger partial charge is 0.370 e. The van der Waals surface area contributed by atoms with E-state index in [1.54, 1.807) is 28.8 Å². The van der Waals surface area contributed by atoms with Gasteiger partial charge < -0.3 is 5.73 Å². The van der Waals surface area contributed by atoms with Gasteiger partial charge in [0.15, 0.2) is 12.1 Å². The van der Waals surface area contributed by atoms with Gasteiger partial charge in [0.2, 0.25) is 5.95 Å². The van der Waals surface area contributed by atoms with Gasteiger partial charge >= 0.3 is 0 Å². The van der Waals surface area contributed by atoms with Gasteiger partial charge in [0, 0.05) is 22.7 Å². The Morgan fingerprint density at radius 1 is 1.27 bits per heavy atom. The van der Waals surface area contributed by atoms with Gasteiger partial charge in [-0.15, -0.1) is 0 Å². The molecule has 0 spiro atoms. The first kappa shape index (κ1) is 16.0. The number of fused-ring (bicyclic) bond motifs is 3. The predicted molar refractivity (Wildman–Crippen MR) is 97.5 cm³/mol. The molecule has 0 saturated heterocycles. The number of non-ortho nitro benzene ring substituents is 1. The summed E-state index contributed by atoms with van der Waals surface area (Å²) in [5.41, 5.74) is 6.21. The van der Waals surface area contributed by atoms with Crippen molar-refractivity contribution in [2.24, 2.45) is 10.7 Å². The van der Waals surface area contributed by atoms with Crippen LogP contribution in [0.3, 0.4) is 0 Å². The Hall–Kier alpha value is -3.46. The summed E-state index contributed by atoms with van der Waals surface area (Å²) in [7, 11) is 0. The second kappa shape index (κ2) is 5.81. The van der Waals surface area contributed by atoms with Crippen LogP contribution < -0.4 is 16.6 Å². The molecule has 2 heterocycles. The maximum absolute atomic E-state index is 12.3. The standard InChI is InChI=1S/C16H11ClN6O3/c17-11-6-5-8(23(25)26)7-10(11)13-19-15(18)21-16-20-14(24)9-3-1-2-4-12(9)22(13)16/h1-7,13H,(H3,18,19,20,21,24).